The summed E-state index contributed by atoms with van der Waals surface area (Å²) >= 11 is 0. The van der Waals surface area contributed by atoms with Crippen molar-refractivity contribution < 1.29 is 9.59 Å². The van der Waals surface area contributed by atoms with E-state index in [9.17, 15) is 9.59 Å². The third-order valence-electron chi connectivity index (χ3n) is 4.92. The summed E-state index contributed by atoms with van der Waals surface area (Å²) in [6.07, 6.45) is 5.96. The Morgan fingerprint density at radius 3 is 2.52 bits per heavy atom. The maximum atomic E-state index is 12.3. The molecule has 0 aliphatic carbocycles. The van der Waals surface area contributed by atoms with E-state index in [1.54, 1.807) is 42.2 Å². The largest absolute Gasteiger partial charge is 0.355 e. The molecule has 0 bridgehead atoms. The van der Waals surface area contributed by atoms with E-state index < -0.39 is 0 Å². The first-order chi connectivity index (χ1) is 14.0. The smallest absolute Gasteiger partial charge is 0.267 e. The van der Waals surface area contributed by atoms with Gasteiger partial charge in [0.15, 0.2) is 5.82 Å². The van der Waals surface area contributed by atoms with Crippen LogP contribution in [0.4, 0.5) is 0 Å². The quantitative estimate of drug-likeness (QED) is 0.648. The Balaban J connectivity index is 1.77. The maximum Gasteiger partial charge on any atom is 0.267 e. The monoisotopic (exact) mass is 391 g/mol. The van der Waals surface area contributed by atoms with Crippen LogP contribution in [0.25, 0.3) is 11.4 Å². The molecule has 0 radical (unpaired) electrons. The van der Waals surface area contributed by atoms with Gasteiger partial charge in [-0.05, 0) is 48.2 Å². The van der Waals surface area contributed by atoms with E-state index in [2.05, 4.69) is 27.5 Å². The molecule has 3 rings (SSSR count). The third kappa shape index (κ3) is 4.68. The van der Waals surface area contributed by atoms with Crippen LogP contribution in [-0.4, -0.2) is 39.9 Å². The topological polar surface area (TPSA) is 88.9 Å². The number of aryl methyl sites for hydroxylation is 1. The third-order valence-corrected chi connectivity index (χ3v) is 4.92. The van der Waals surface area contributed by atoms with Gasteiger partial charge in [0, 0.05) is 50.4 Å². The summed E-state index contributed by atoms with van der Waals surface area (Å²) in [4.78, 5) is 33.1. The zero-order valence-electron chi connectivity index (χ0n) is 16.8. The highest BCUT2D eigenvalue weighted by atomic mass is 16.2. The zero-order valence-corrected chi connectivity index (χ0v) is 16.8. The summed E-state index contributed by atoms with van der Waals surface area (Å²) in [7, 11) is 3.45. The van der Waals surface area contributed by atoms with E-state index in [0.29, 0.717) is 23.6 Å². The molecule has 2 amide bonds. The van der Waals surface area contributed by atoms with E-state index >= 15 is 0 Å². The molecule has 29 heavy (non-hydrogen) atoms. The van der Waals surface area contributed by atoms with Gasteiger partial charge in [0.05, 0.1) is 0 Å². The number of carbonyl (C=O) groups is 2. The molecule has 0 saturated carbocycles. The zero-order chi connectivity index (χ0) is 20.8. The number of carbonyl (C=O) groups excluding carboxylic acids is 2. The number of nitrogens with zero attached hydrogens (tertiary/aromatic N) is 3. The number of rotatable bonds is 7. The molecule has 3 aromatic rings. The van der Waals surface area contributed by atoms with Crippen LogP contribution in [0.5, 0.6) is 0 Å². The van der Waals surface area contributed by atoms with E-state index in [1.807, 2.05) is 31.4 Å². The van der Waals surface area contributed by atoms with Crippen molar-refractivity contribution in [3.05, 3.63) is 71.8 Å². The van der Waals surface area contributed by atoms with Crippen LogP contribution >= 0.6 is 0 Å². The first-order valence-electron chi connectivity index (χ1n) is 9.54. The Bertz CT molecular complexity index is 997. The highest BCUT2D eigenvalue weighted by Crippen LogP contribution is 2.30. The van der Waals surface area contributed by atoms with Gasteiger partial charge in [0.25, 0.3) is 11.8 Å². The molecule has 0 fully saturated rings. The lowest BCUT2D eigenvalue weighted by molar-refractivity contribution is 0.0941. The molecule has 150 valence electrons. The Hall–Kier alpha value is -3.48. The lowest BCUT2D eigenvalue weighted by Gasteiger charge is -2.17. The predicted molar refractivity (Wildman–Crippen MR) is 112 cm³/mol. The summed E-state index contributed by atoms with van der Waals surface area (Å²) < 4.78 is 1.79. The van der Waals surface area contributed by atoms with Crippen LogP contribution in [0.3, 0.4) is 0 Å². The van der Waals surface area contributed by atoms with Crippen molar-refractivity contribution in [1.29, 1.82) is 0 Å². The summed E-state index contributed by atoms with van der Waals surface area (Å²) in [5.74, 6) is 0.469. The van der Waals surface area contributed by atoms with E-state index in [-0.39, 0.29) is 17.7 Å². The highest BCUT2D eigenvalue weighted by molar-refractivity contribution is 5.95. The average Bonchev–Trinajstić information content (AvgIpc) is 3.19. The van der Waals surface area contributed by atoms with Crippen LogP contribution in [0.2, 0.25) is 0 Å². The number of benzene rings is 1. The van der Waals surface area contributed by atoms with E-state index in [4.69, 9.17) is 0 Å². The number of hydrogen-bond donors (Lipinski definition) is 2. The van der Waals surface area contributed by atoms with Crippen molar-refractivity contribution in [2.75, 3.05) is 13.6 Å². The minimum atomic E-state index is -0.156. The fourth-order valence-electron chi connectivity index (χ4n) is 3.25. The van der Waals surface area contributed by atoms with Gasteiger partial charge in [-0.2, -0.15) is 0 Å². The van der Waals surface area contributed by atoms with Crippen molar-refractivity contribution in [3.63, 3.8) is 0 Å². The number of hydrogen-bond acceptors (Lipinski definition) is 4. The molecule has 1 atom stereocenters. The van der Waals surface area contributed by atoms with Gasteiger partial charge in [0.1, 0.15) is 5.69 Å². The molecular formula is C22H25N5O2. The Morgan fingerprint density at radius 1 is 1.10 bits per heavy atom. The second-order valence-corrected chi connectivity index (χ2v) is 6.90. The second-order valence-electron chi connectivity index (χ2n) is 6.90. The molecule has 2 heterocycles. The van der Waals surface area contributed by atoms with Crippen molar-refractivity contribution in [1.82, 2.24) is 25.2 Å². The van der Waals surface area contributed by atoms with Crippen LogP contribution < -0.4 is 10.6 Å². The van der Waals surface area contributed by atoms with E-state index in [1.165, 1.54) is 0 Å². The molecule has 2 aromatic heterocycles. The first-order valence-corrected chi connectivity index (χ1v) is 9.54. The molecule has 1 aromatic carbocycles. The maximum absolute atomic E-state index is 12.3. The predicted octanol–water partition coefficient (Wildman–Crippen LogP) is 2.77. The van der Waals surface area contributed by atoms with Gasteiger partial charge in [-0.15, -0.1) is 0 Å². The van der Waals surface area contributed by atoms with Crippen LogP contribution in [0, 0.1) is 0 Å². The molecule has 7 nitrogen and oxygen atoms in total. The molecule has 7 heteroatoms. The molecule has 2 N–H and O–H groups in total. The molecule has 0 spiro atoms. The second kappa shape index (κ2) is 9.14. The average molecular weight is 391 g/mol. The molecule has 0 aliphatic rings. The highest BCUT2D eigenvalue weighted by Gasteiger charge is 2.17. The van der Waals surface area contributed by atoms with Gasteiger partial charge >= 0.3 is 0 Å². The fraction of sp³-hybridized carbons (Fsp3) is 0.273. The van der Waals surface area contributed by atoms with Crippen LogP contribution in [-0.2, 0) is 7.05 Å². The van der Waals surface area contributed by atoms with Crippen molar-refractivity contribution >= 4 is 11.8 Å². The SMILES string of the molecule is CNC(=O)c1ccc(C(C)CCNC(=O)c2cccn2C)c(-c2ncccn2)c1. The fourth-order valence-corrected chi connectivity index (χ4v) is 3.25. The standard InChI is InChI=1S/C22H25N5O2/c1-15(9-12-26-22(29)19-6-4-13-27(19)3)17-8-7-16(21(28)23-2)14-18(17)20-24-10-5-11-25-20/h4-8,10-11,13-15H,9,12H2,1-3H3,(H,23,28)(H,26,29). The van der Waals surface area contributed by atoms with Gasteiger partial charge in [0.2, 0.25) is 0 Å². The minimum absolute atomic E-state index is 0.0914. The number of nitrogens with one attached hydrogen (secondary N) is 2. The molecule has 0 saturated heterocycles. The Labute approximate surface area is 170 Å². The summed E-state index contributed by atoms with van der Waals surface area (Å²) in [6, 6.07) is 11.0. The van der Waals surface area contributed by atoms with Gasteiger partial charge < -0.3 is 15.2 Å². The molecule has 0 aliphatic heterocycles. The minimum Gasteiger partial charge on any atom is -0.355 e. The lowest BCUT2D eigenvalue weighted by Crippen LogP contribution is -2.27. The number of amides is 2. The van der Waals surface area contributed by atoms with E-state index in [0.717, 1.165) is 17.5 Å². The Kier molecular flexibility index (Phi) is 6.39. The van der Waals surface area contributed by atoms with Gasteiger partial charge in [-0.3, -0.25) is 9.59 Å². The Morgan fingerprint density at radius 2 is 1.86 bits per heavy atom. The molecular weight excluding hydrogens is 366 g/mol. The van der Waals surface area contributed by atoms with Crippen molar-refractivity contribution in [2.45, 2.75) is 19.3 Å². The van der Waals surface area contributed by atoms with Gasteiger partial charge in [-0.1, -0.05) is 13.0 Å². The normalized spacial score (nSPS) is 11.7. The van der Waals surface area contributed by atoms with Crippen molar-refractivity contribution in [3.8, 4) is 11.4 Å². The summed E-state index contributed by atoms with van der Waals surface area (Å²) in [6.45, 7) is 2.63. The number of aromatic nitrogens is 3. The summed E-state index contributed by atoms with van der Waals surface area (Å²) in [5.41, 5.74) is 3.05. The molecule has 1 unspecified atom stereocenters. The van der Waals surface area contributed by atoms with Crippen LogP contribution in [0.15, 0.2) is 55.0 Å². The van der Waals surface area contributed by atoms with Crippen molar-refractivity contribution in [2.24, 2.45) is 7.05 Å². The lowest BCUT2D eigenvalue weighted by atomic mass is 9.91. The first kappa shape index (κ1) is 20.3. The summed E-state index contributed by atoms with van der Waals surface area (Å²) in [5, 5.41) is 5.61. The van der Waals surface area contributed by atoms with Gasteiger partial charge in [-0.25, -0.2) is 9.97 Å². The van der Waals surface area contributed by atoms with Crippen LogP contribution in [0.1, 0.15) is 45.7 Å².